The first kappa shape index (κ1) is 24.9. The summed E-state index contributed by atoms with van der Waals surface area (Å²) in [4.78, 5) is 24.1. The molecule has 1 saturated carbocycles. The fourth-order valence-corrected chi connectivity index (χ4v) is 5.56. The van der Waals surface area contributed by atoms with Crippen molar-refractivity contribution in [1.82, 2.24) is 0 Å². The minimum absolute atomic E-state index is 0.0328. The van der Waals surface area contributed by atoms with Gasteiger partial charge < -0.3 is 10.1 Å². The molecular formula is C27H33N3O2S2. The van der Waals surface area contributed by atoms with Gasteiger partial charge in [0.15, 0.2) is 5.66 Å². The standard InChI is InChI=1S/C27H33N3O2S2/c1-3-4-17-32-22-13-11-20(12-14-22)25-26(30-27(29-25)15-6-5-7-16-27)34-19-24(31)28-21-9-8-10-23(18-21)33-2/h8-14,18H,3-7,15-17,19H2,1-2H3,(H,28,31). The fraction of sp³-hybridized carbons (Fsp3) is 0.444. The zero-order valence-electron chi connectivity index (χ0n) is 20.0. The Hall–Kier alpha value is -2.25. The molecule has 1 aliphatic carbocycles. The second-order valence-electron chi connectivity index (χ2n) is 8.72. The van der Waals surface area contributed by atoms with Crippen molar-refractivity contribution in [3.8, 4) is 5.75 Å². The number of benzene rings is 2. The van der Waals surface area contributed by atoms with Crippen molar-refractivity contribution in [3.05, 3.63) is 54.1 Å². The van der Waals surface area contributed by atoms with Crippen LogP contribution < -0.4 is 10.1 Å². The molecule has 0 saturated heterocycles. The van der Waals surface area contributed by atoms with Gasteiger partial charge in [-0.25, -0.2) is 4.99 Å². The maximum atomic E-state index is 12.7. The maximum absolute atomic E-state index is 12.7. The Kier molecular flexibility index (Phi) is 8.73. The van der Waals surface area contributed by atoms with Gasteiger partial charge >= 0.3 is 0 Å². The number of hydrogen-bond acceptors (Lipinski definition) is 6. The quantitative estimate of drug-likeness (QED) is 0.306. The van der Waals surface area contributed by atoms with Crippen LogP contribution in [0.15, 0.2) is 63.4 Å². The predicted octanol–water partition coefficient (Wildman–Crippen LogP) is 6.82. The van der Waals surface area contributed by atoms with E-state index in [1.165, 1.54) is 18.2 Å². The molecule has 0 unspecified atom stereocenters. The SMILES string of the molecule is CCCCOc1ccc(C2=NC3(CCCCC3)N=C2SCC(=O)Nc2cccc(SC)c2)cc1. The molecule has 1 amide bonds. The lowest BCUT2D eigenvalue weighted by Gasteiger charge is -2.27. The van der Waals surface area contributed by atoms with E-state index in [1.807, 2.05) is 42.7 Å². The van der Waals surface area contributed by atoms with Gasteiger partial charge in [0.1, 0.15) is 10.8 Å². The Morgan fingerprint density at radius 2 is 1.88 bits per heavy atom. The first-order chi connectivity index (χ1) is 16.6. The van der Waals surface area contributed by atoms with Crippen LogP contribution in [-0.4, -0.2) is 40.9 Å². The van der Waals surface area contributed by atoms with E-state index in [0.717, 1.165) is 77.8 Å². The third kappa shape index (κ3) is 6.45. The van der Waals surface area contributed by atoms with Crippen LogP contribution in [0.25, 0.3) is 0 Å². The van der Waals surface area contributed by atoms with Crippen LogP contribution in [0.2, 0.25) is 0 Å². The number of amides is 1. The number of ether oxygens (including phenoxy) is 1. The number of thioether (sulfide) groups is 2. The minimum Gasteiger partial charge on any atom is -0.494 e. The molecule has 34 heavy (non-hydrogen) atoms. The van der Waals surface area contributed by atoms with Crippen molar-refractivity contribution >= 4 is 45.9 Å². The summed E-state index contributed by atoms with van der Waals surface area (Å²) in [5, 5.41) is 3.88. The van der Waals surface area contributed by atoms with Gasteiger partial charge in [-0.1, -0.05) is 37.6 Å². The highest BCUT2D eigenvalue weighted by atomic mass is 32.2. The second kappa shape index (κ2) is 11.9. The Labute approximate surface area is 211 Å². The van der Waals surface area contributed by atoms with Gasteiger partial charge in [-0.05, 0) is 80.8 Å². The van der Waals surface area contributed by atoms with Gasteiger partial charge in [0.05, 0.1) is 18.1 Å². The Balaban J connectivity index is 1.46. The molecule has 1 N–H and O–H groups in total. The molecule has 4 rings (SSSR count). The van der Waals surface area contributed by atoms with Crippen molar-refractivity contribution in [1.29, 1.82) is 0 Å². The number of nitrogens with one attached hydrogen (secondary N) is 1. The molecule has 1 heterocycles. The van der Waals surface area contributed by atoms with Crippen molar-refractivity contribution in [2.24, 2.45) is 9.98 Å². The highest BCUT2D eigenvalue weighted by molar-refractivity contribution is 8.16. The summed E-state index contributed by atoms with van der Waals surface area (Å²) < 4.78 is 5.82. The molecule has 1 aliphatic heterocycles. The topological polar surface area (TPSA) is 63.1 Å². The largest absolute Gasteiger partial charge is 0.494 e. The number of nitrogens with zero attached hydrogens (tertiary/aromatic N) is 2. The molecule has 0 radical (unpaired) electrons. The molecule has 1 spiro atoms. The lowest BCUT2D eigenvalue weighted by Crippen LogP contribution is -2.25. The Bertz CT molecular complexity index is 1040. The van der Waals surface area contributed by atoms with Gasteiger partial charge in [0, 0.05) is 16.1 Å². The number of unbranched alkanes of at least 4 members (excludes halogenated alkanes) is 1. The van der Waals surface area contributed by atoms with Crippen LogP contribution in [0.5, 0.6) is 5.75 Å². The van der Waals surface area contributed by atoms with Crippen LogP contribution in [-0.2, 0) is 4.79 Å². The van der Waals surface area contributed by atoms with Gasteiger partial charge in [0.25, 0.3) is 0 Å². The summed E-state index contributed by atoms with van der Waals surface area (Å²) in [6, 6.07) is 16.0. The minimum atomic E-state index is -0.352. The third-order valence-corrected chi connectivity index (χ3v) is 7.76. The van der Waals surface area contributed by atoms with Gasteiger partial charge in [-0.15, -0.1) is 11.8 Å². The highest BCUT2D eigenvalue weighted by Gasteiger charge is 2.37. The fourth-order valence-electron chi connectivity index (χ4n) is 4.23. The first-order valence-electron chi connectivity index (χ1n) is 12.1. The summed E-state index contributed by atoms with van der Waals surface area (Å²) in [6.07, 6.45) is 9.69. The number of rotatable bonds is 9. The normalized spacial score (nSPS) is 16.8. The molecule has 2 aliphatic rings. The van der Waals surface area contributed by atoms with Crippen LogP contribution in [0, 0.1) is 0 Å². The van der Waals surface area contributed by atoms with E-state index in [-0.39, 0.29) is 11.6 Å². The lowest BCUT2D eigenvalue weighted by molar-refractivity contribution is -0.113. The van der Waals surface area contributed by atoms with Crippen molar-refractivity contribution in [2.75, 3.05) is 23.9 Å². The Morgan fingerprint density at radius 1 is 1.09 bits per heavy atom. The molecule has 0 bridgehead atoms. The lowest BCUT2D eigenvalue weighted by atomic mass is 9.90. The molecule has 5 nitrogen and oxygen atoms in total. The summed E-state index contributed by atoms with van der Waals surface area (Å²) >= 11 is 3.14. The molecule has 2 aromatic carbocycles. The van der Waals surface area contributed by atoms with Crippen molar-refractivity contribution in [2.45, 2.75) is 62.4 Å². The smallest absolute Gasteiger partial charge is 0.234 e. The van der Waals surface area contributed by atoms with E-state index in [2.05, 4.69) is 24.4 Å². The molecule has 0 aromatic heterocycles. The number of hydrogen-bond donors (Lipinski definition) is 1. The Morgan fingerprint density at radius 3 is 2.62 bits per heavy atom. The van der Waals surface area contributed by atoms with E-state index in [4.69, 9.17) is 14.7 Å². The zero-order chi connectivity index (χ0) is 23.8. The van der Waals surface area contributed by atoms with Gasteiger partial charge in [-0.3, -0.25) is 9.79 Å². The maximum Gasteiger partial charge on any atom is 0.234 e. The molecule has 2 aromatic rings. The summed E-state index contributed by atoms with van der Waals surface area (Å²) in [5.41, 5.74) is 2.41. The van der Waals surface area contributed by atoms with E-state index in [1.54, 1.807) is 11.8 Å². The number of carbonyl (C=O) groups excluding carboxylic acids is 1. The van der Waals surface area contributed by atoms with E-state index in [9.17, 15) is 4.79 Å². The number of anilines is 1. The molecule has 180 valence electrons. The molecule has 1 fully saturated rings. The predicted molar refractivity (Wildman–Crippen MR) is 146 cm³/mol. The summed E-state index contributed by atoms with van der Waals surface area (Å²) in [6.45, 7) is 2.89. The number of aliphatic imine (C=N–C) groups is 2. The van der Waals surface area contributed by atoms with Crippen molar-refractivity contribution < 1.29 is 9.53 Å². The molecule has 7 heteroatoms. The van der Waals surface area contributed by atoms with E-state index >= 15 is 0 Å². The van der Waals surface area contributed by atoms with Crippen LogP contribution in [0.1, 0.15) is 57.4 Å². The van der Waals surface area contributed by atoms with Gasteiger partial charge in [-0.2, -0.15) is 0 Å². The van der Waals surface area contributed by atoms with Crippen LogP contribution >= 0.6 is 23.5 Å². The monoisotopic (exact) mass is 495 g/mol. The third-order valence-electron chi connectivity index (χ3n) is 6.07. The average Bonchev–Trinajstić information content (AvgIpc) is 3.21. The zero-order valence-corrected chi connectivity index (χ0v) is 21.6. The van der Waals surface area contributed by atoms with E-state index < -0.39 is 0 Å². The first-order valence-corrected chi connectivity index (χ1v) is 14.3. The highest BCUT2D eigenvalue weighted by Crippen LogP contribution is 2.39. The summed E-state index contributed by atoms with van der Waals surface area (Å²) in [5.74, 6) is 1.14. The van der Waals surface area contributed by atoms with E-state index in [0.29, 0.717) is 5.75 Å². The van der Waals surface area contributed by atoms with Crippen LogP contribution in [0.4, 0.5) is 5.69 Å². The molecular weight excluding hydrogens is 462 g/mol. The second-order valence-corrected chi connectivity index (χ2v) is 10.6. The number of carbonyl (C=O) groups is 1. The average molecular weight is 496 g/mol. The summed E-state index contributed by atoms with van der Waals surface area (Å²) in [7, 11) is 0. The molecule has 0 atom stereocenters. The van der Waals surface area contributed by atoms with Crippen molar-refractivity contribution in [3.63, 3.8) is 0 Å². The van der Waals surface area contributed by atoms with Gasteiger partial charge in [0.2, 0.25) is 5.91 Å². The van der Waals surface area contributed by atoms with Crippen LogP contribution in [0.3, 0.4) is 0 Å².